The summed E-state index contributed by atoms with van der Waals surface area (Å²) in [5.74, 6) is 2.23. The standard InChI is InChI=1S/C21H25N3O3/c1-21(2,3)15-8-6-7-9-16(15)22-13-19-23-24-20(27-19)14-10-11-17(25-4)18(12-14)26-5/h6-12,22H,13H2,1-5H3. The number of nitrogens with zero attached hydrogens (tertiary/aromatic N) is 2. The Kier molecular flexibility index (Phi) is 5.35. The van der Waals surface area contributed by atoms with Crippen LogP contribution >= 0.6 is 0 Å². The van der Waals surface area contributed by atoms with E-state index in [0.29, 0.717) is 29.8 Å². The first-order valence-corrected chi connectivity index (χ1v) is 8.80. The lowest BCUT2D eigenvalue weighted by atomic mass is 9.86. The third-order valence-corrected chi connectivity index (χ3v) is 4.26. The Labute approximate surface area is 159 Å². The molecule has 6 heteroatoms. The fourth-order valence-corrected chi connectivity index (χ4v) is 2.87. The molecule has 0 unspecified atom stereocenters. The molecule has 0 aliphatic rings. The van der Waals surface area contributed by atoms with Crippen LogP contribution in [0.5, 0.6) is 11.5 Å². The van der Waals surface area contributed by atoms with Crippen molar-refractivity contribution in [3.8, 4) is 23.0 Å². The minimum Gasteiger partial charge on any atom is -0.493 e. The summed E-state index contributed by atoms with van der Waals surface area (Å²) in [5, 5.41) is 11.7. The lowest BCUT2D eigenvalue weighted by Crippen LogP contribution is -2.14. The number of aromatic nitrogens is 2. The summed E-state index contributed by atoms with van der Waals surface area (Å²) in [4.78, 5) is 0. The molecule has 142 valence electrons. The fraction of sp³-hybridized carbons (Fsp3) is 0.333. The van der Waals surface area contributed by atoms with Crippen LogP contribution < -0.4 is 14.8 Å². The highest BCUT2D eigenvalue weighted by Crippen LogP contribution is 2.32. The molecule has 27 heavy (non-hydrogen) atoms. The second kappa shape index (κ2) is 7.70. The van der Waals surface area contributed by atoms with Crippen LogP contribution in [0.15, 0.2) is 46.9 Å². The molecule has 0 amide bonds. The van der Waals surface area contributed by atoms with E-state index in [0.717, 1.165) is 11.3 Å². The molecule has 1 aromatic heterocycles. The lowest BCUT2D eigenvalue weighted by Gasteiger charge is -2.23. The molecule has 0 aliphatic carbocycles. The van der Waals surface area contributed by atoms with Crippen LogP contribution in [0.25, 0.3) is 11.5 Å². The number of methoxy groups -OCH3 is 2. The zero-order valence-electron chi connectivity index (χ0n) is 16.4. The Hall–Kier alpha value is -3.02. The molecule has 3 rings (SSSR count). The number of ether oxygens (including phenoxy) is 2. The number of hydrogen-bond acceptors (Lipinski definition) is 6. The van der Waals surface area contributed by atoms with Crippen molar-refractivity contribution in [3.63, 3.8) is 0 Å². The first-order valence-electron chi connectivity index (χ1n) is 8.80. The summed E-state index contributed by atoms with van der Waals surface area (Å²) >= 11 is 0. The van der Waals surface area contributed by atoms with Crippen LogP contribution in [0.2, 0.25) is 0 Å². The van der Waals surface area contributed by atoms with Gasteiger partial charge in [0, 0.05) is 11.3 Å². The summed E-state index contributed by atoms with van der Waals surface area (Å²) in [5.41, 5.74) is 3.13. The van der Waals surface area contributed by atoms with Gasteiger partial charge in [-0.15, -0.1) is 10.2 Å². The minimum absolute atomic E-state index is 0.0449. The molecule has 1 heterocycles. The molecule has 0 bridgehead atoms. The van der Waals surface area contributed by atoms with Crippen LogP contribution in [0.1, 0.15) is 32.2 Å². The van der Waals surface area contributed by atoms with Gasteiger partial charge in [0.15, 0.2) is 11.5 Å². The van der Waals surface area contributed by atoms with E-state index in [1.807, 2.05) is 30.3 Å². The highest BCUT2D eigenvalue weighted by Gasteiger charge is 2.18. The lowest BCUT2D eigenvalue weighted by molar-refractivity contribution is 0.355. The van der Waals surface area contributed by atoms with Crippen molar-refractivity contribution in [2.75, 3.05) is 19.5 Å². The van der Waals surface area contributed by atoms with E-state index in [-0.39, 0.29) is 5.41 Å². The highest BCUT2D eigenvalue weighted by atomic mass is 16.5. The van der Waals surface area contributed by atoms with Gasteiger partial charge in [-0.05, 0) is 35.2 Å². The molecular weight excluding hydrogens is 342 g/mol. The molecule has 0 spiro atoms. The number of para-hydroxylation sites is 1. The molecule has 0 aliphatic heterocycles. The van der Waals surface area contributed by atoms with Crippen molar-refractivity contribution in [3.05, 3.63) is 53.9 Å². The number of hydrogen-bond donors (Lipinski definition) is 1. The van der Waals surface area contributed by atoms with Gasteiger partial charge in [0.25, 0.3) is 0 Å². The number of benzene rings is 2. The highest BCUT2D eigenvalue weighted by molar-refractivity contribution is 5.59. The predicted molar refractivity (Wildman–Crippen MR) is 105 cm³/mol. The normalized spacial score (nSPS) is 11.3. The van der Waals surface area contributed by atoms with Crippen LogP contribution in [0.3, 0.4) is 0 Å². The maximum atomic E-state index is 5.81. The molecule has 0 saturated heterocycles. The van der Waals surface area contributed by atoms with Gasteiger partial charge < -0.3 is 19.2 Å². The molecule has 0 fully saturated rings. The number of rotatable bonds is 6. The molecule has 0 atom stereocenters. The zero-order valence-corrected chi connectivity index (χ0v) is 16.4. The SMILES string of the molecule is COc1ccc(-c2nnc(CNc3ccccc3C(C)(C)C)o2)cc1OC. The summed E-state index contributed by atoms with van der Waals surface area (Å²) in [6, 6.07) is 13.8. The molecule has 6 nitrogen and oxygen atoms in total. The average Bonchev–Trinajstić information content (AvgIpc) is 3.14. The Balaban J connectivity index is 1.76. The quantitative estimate of drug-likeness (QED) is 0.683. The van der Waals surface area contributed by atoms with Gasteiger partial charge in [-0.3, -0.25) is 0 Å². The largest absolute Gasteiger partial charge is 0.493 e. The van der Waals surface area contributed by atoms with Crippen molar-refractivity contribution >= 4 is 5.69 Å². The maximum Gasteiger partial charge on any atom is 0.247 e. The number of anilines is 1. The van der Waals surface area contributed by atoms with E-state index in [9.17, 15) is 0 Å². The van der Waals surface area contributed by atoms with E-state index in [4.69, 9.17) is 13.9 Å². The summed E-state index contributed by atoms with van der Waals surface area (Å²) in [6.45, 7) is 7.02. The topological polar surface area (TPSA) is 69.4 Å². The Morgan fingerprint density at radius 1 is 0.963 bits per heavy atom. The molecule has 3 aromatic rings. The predicted octanol–water partition coefficient (Wildman–Crippen LogP) is 4.66. The Bertz CT molecular complexity index is 913. The monoisotopic (exact) mass is 367 g/mol. The average molecular weight is 367 g/mol. The van der Waals surface area contributed by atoms with Crippen molar-refractivity contribution < 1.29 is 13.9 Å². The van der Waals surface area contributed by atoms with Gasteiger partial charge in [-0.25, -0.2) is 0 Å². The Morgan fingerprint density at radius 3 is 2.41 bits per heavy atom. The summed E-state index contributed by atoms with van der Waals surface area (Å²) in [7, 11) is 3.20. The van der Waals surface area contributed by atoms with Crippen molar-refractivity contribution in [1.82, 2.24) is 10.2 Å². The van der Waals surface area contributed by atoms with Crippen molar-refractivity contribution in [2.45, 2.75) is 32.7 Å². The third kappa shape index (κ3) is 4.22. The van der Waals surface area contributed by atoms with Crippen LogP contribution in [0.4, 0.5) is 5.69 Å². The second-order valence-electron chi connectivity index (χ2n) is 7.22. The van der Waals surface area contributed by atoms with Gasteiger partial charge in [-0.1, -0.05) is 39.0 Å². The van der Waals surface area contributed by atoms with Gasteiger partial charge in [0.1, 0.15) is 0 Å². The maximum absolute atomic E-state index is 5.81. The minimum atomic E-state index is 0.0449. The van der Waals surface area contributed by atoms with E-state index in [2.05, 4.69) is 48.4 Å². The van der Waals surface area contributed by atoms with E-state index < -0.39 is 0 Å². The van der Waals surface area contributed by atoms with Crippen LogP contribution in [0, 0.1) is 0 Å². The smallest absolute Gasteiger partial charge is 0.247 e. The molecular formula is C21H25N3O3. The summed E-state index contributed by atoms with van der Waals surface area (Å²) in [6.07, 6.45) is 0. The van der Waals surface area contributed by atoms with Gasteiger partial charge in [-0.2, -0.15) is 0 Å². The van der Waals surface area contributed by atoms with Gasteiger partial charge >= 0.3 is 0 Å². The first kappa shape index (κ1) is 18.8. The van der Waals surface area contributed by atoms with Crippen LogP contribution in [-0.4, -0.2) is 24.4 Å². The molecule has 0 saturated carbocycles. The Morgan fingerprint density at radius 2 is 1.70 bits per heavy atom. The zero-order chi connectivity index (χ0) is 19.4. The van der Waals surface area contributed by atoms with Gasteiger partial charge in [0.2, 0.25) is 11.8 Å². The molecule has 1 N–H and O–H groups in total. The number of nitrogens with one attached hydrogen (secondary N) is 1. The molecule has 2 aromatic carbocycles. The van der Waals surface area contributed by atoms with E-state index >= 15 is 0 Å². The van der Waals surface area contributed by atoms with Crippen molar-refractivity contribution in [1.29, 1.82) is 0 Å². The fourth-order valence-electron chi connectivity index (χ4n) is 2.87. The summed E-state index contributed by atoms with van der Waals surface area (Å²) < 4.78 is 16.4. The van der Waals surface area contributed by atoms with E-state index in [1.54, 1.807) is 14.2 Å². The van der Waals surface area contributed by atoms with Gasteiger partial charge in [0.05, 0.1) is 20.8 Å². The second-order valence-corrected chi connectivity index (χ2v) is 7.22. The molecule has 0 radical (unpaired) electrons. The van der Waals surface area contributed by atoms with Crippen LogP contribution in [-0.2, 0) is 12.0 Å². The third-order valence-electron chi connectivity index (χ3n) is 4.26. The van der Waals surface area contributed by atoms with E-state index in [1.165, 1.54) is 5.56 Å². The van der Waals surface area contributed by atoms with Crippen molar-refractivity contribution in [2.24, 2.45) is 0 Å². The first-order chi connectivity index (χ1) is 12.9.